The van der Waals surface area contributed by atoms with Crippen molar-refractivity contribution < 1.29 is 4.74 Å². The smallest absolute Gasteiger partial charge is 0.297 e. The van der Waals surface area contributed by atoms with Gasteiger partial charge < -0.3 is 15.0 Å². The summed E-state index contributed by atoms with van der Waals surface area (Å²) in [5.41, 5.74) is 4.46. The Hall–Kier alpha value is -3.42. The van der Waals surface area contributed by atoms with Crippen LogP contribution in [-0.4, -0.2) is 66.4 Å². The van der Waals surface area contributed by atoms with Crippen molar-refractivity contribution in [3.8, 4) is 5.69 Å². The van der Waals surface area contributed by atoms with Gasteiger partial charge in [-0.2, -0.15) is 0 Å². The highest BCUT2D eigenvalue weighted by Crippen LogP contribution is 2.20. The second-order valence-electron chi connectivity index (χ2n) is 9.67. The normalized spacial score (nSPS) is 17.8. The van der Waals surface area contributed by atoms with E-state index in [4.69, 9.17) is 4.74 Å². The maximum absolute atomic E-state index is 13.3. The first-order valence-corrected chi connectivity index (χ1v) is 12.9. The standard InChI is InChI=1S/C29H35N5O2/c1-23(20-24-6-3-2-4-7-24)22-32-13-10-25(11-14-32)31-28-29(35)34(15-12-30-28)27-9-5-8-26(21-27)33-16-18-36-19-17-33/h2-9,12,15,20-21,25H,10-11,13-14,16-19,22H2,1H3,(H,30,31). The van der Waals surface area contributed by atoms with Gasteiger partial charge in [-0.05, 0) is 43.5 Å². The number of nitrogens with one attached hydrogen (secondary N) is 1. The first kappa shape index (κ1) is 24.3. The highest BCUT2D eigenvalue weighted by atomic mass is 16.5. The molecule has 0 radical (unpaired) electrons. The zero-order valence-electron chi connectivity index (χ0n) is 21.0. The molecule has 1 N–H and O–H groups in total. The number of anilines is 2. The number of nitrogens with zero attached hydrogens (tertiary/aromatic N) is 4. The summed E-state index contributed by atoms with van der Waals surface area (Å²) < 4.78 is 7.16. The van der Waals surface area contributed by atoms with E-state index in [1.807, 2.05) is 18.2 Å². The van der Waals surface area contributed by atoms with Crippen LogP contribution in [0.2, 0.25) is 0 Å². The molecule has 5 rings (SSSR count). The van der Waals surface area contributed by atoms with Crippen LogP contribution in [-0.2, 0) is 4.74 Å². The summed E-state index contributed by atoms with van der Waals surface area (Å²) >= 11 is 0. The van der Waals surface area contributed by atoms with Gasteiger partial charge in [0.2, 0.25) is 0 Å². The van der Waals surface area contributed by atoms with Crippen molar-refractivity contribution in [1.82, 2.24) is 14.5 Å². The monoisotopic (exact) mass is 485 g/mol. The van der Waals surface area contributed by atoms with Gasteiger partial charge in [-0.15, -0.1) is 0 Å². The summed E-state index contributed by atoms with van der Waals surface area (Å²) in [4.78, 5) is 22.5. The van der Waals surface area contributed by atoms with Crippen LogP contribution in [0.3, 0.4) is 0 Å². The van der Waals surface area contributed by atoms with Crippen LogP contribution in [0.1, 0.15) is 25.3 Å². The molecule has 7 heteroatoms. The zero-order valence-corrected chi connectivity index (χ0v) is 21.0. The van der Waals surface area contributed by atoms with Crippen LogP contribution in [0.25, 0.3) is 11.8 Å². The first-order valence-electron chi connectivity index (χ1n) is 12.9. The lowest BCUT2D eigenvalue weighted by atomic mass is 10.0. The zero-order chi connectivity index (χ0) is 24.7. The average Bonchev–Trinajstić information content (AvgIpc) is 2.92. The lowest BCUT2D eigenvalue weighted by Crippen LogP contribution is -2.41. The fraction of sp³-hybridized carbons (Fsp3) is 0.379. The molecule has 3 heterocycles. The molecule has 3 aromatic rings. The molecule has 0 saturated carbocycles. The Balaban J connectivity index is 1.20. The second-order valence-corrected chi connectivity index (χ2v) is 9.67. The van der Waals surface area contributed by atoms with Crippen LogP contribution in [0.15, 0.2) is 77.4 Å². The van der Waals surface area contributed by atoms with Crippen LogP contribution in [0.5, 0.6) is 0 Å². The Labute approximate surface area is 213 Å². The molecule has 2 aliphatic heterocycles. The number of ether oxygens (including phenoxy) is 1. The van der Waals surface area contributed by atoms with E-state index in [1.54, 1.807) is 17.0 Å². The topological polar surface area (TPSA) is 62.6 Å². The van der Waals surface area contributed by atoms with Gasteiger partial charge in [-0.1, -0.05) is 48.0 Å². The lowest BCUT2D eigenvalue weighted by Gasteiger charge is -2.32. The predicted molar refractivity (Wildman–Crippen MR) is 146 cm³/mol. The SMILES string of the molecule is CC(=Cc1ccccc1)CN1CCC(Nc2nccn(-c3cccc(N4CCOCC4)c3)c2=O)CC1. The third kappa shape index (κ3) is 6.04. The lowest BCUT2D eigenvalue weighted by molar-refractivity contribution is 0.122. The Kier molecular flexibility index (Phi) is 7.79. The van der Waals surface area contributed by atoms with E-state index in [2.05, 4.69) is 69.5 Å². The molecule has 0 amide bonds. The van der Waals surface area contributed by atoms with Crippen molar-refractivity contribution in [2.75, 3.05) is 56.2 Å². The number of likely N-dealkylation sites (tertiary alicyclic amines) is 1. The van der Waals surface area contributed by atoms with Crippen molar-refractivity contribution in [2.45, 2.75) is 25.8 Å². The van der Waals surface area contributed by atoms with Crippen LogP contribution < -0.4 is 15.8 Å². The maximum atomic E-state index is 13.3. The molecule has 0 aliphatic carbocycles. The van der Waals surface area contributed by atoms with Gasteiger partial charge in [-0.25, -0.2) is 4.98 Å². The number of morpholine rings is 1. The van der Waals surface area contributed by atoms with Crippen molar-refractivity contribution in [3.63, 3.8) is 0 Å². The number of aromatic nitrogens is 2. The third-order valence-corrected chi connectivity index (χ3v) is 6.94. The van der Waals surface area contributed by atoms with E-state index < -0.39 is 0 Å². The third-order valence-electron chi connectivity index (χ3n) is 6.94. The minimum atomic E-state index is -0.110. The van der Waals surface area contributed by atoms with Gasteiger partial charge in [-0.3, -0.25) is 14.3 Å². The molecule has 2 saturated heterocycles. The number of hydrogen-bond donors (Lipinski definition) is 1. The number of rotatable bonds is 7. The van der Waals surface area contributed by atoms with E-state index in [-0.39, 0.29) is 11.6 Å². The second kappa shape index (κ2) is 11.5. The predicted octanol–water partition coefficient (Wildman–Crippen LogP) is 4.05. The van der Waals surface area contributed by atoms with E-state index in [0.29, 0.717) is 5.82 Å². The minimum absolute atomic E-state index is 0.110. The van der Waals surface area contributed by atoms with Crippen molar-refractivity contribution in [3.05, 3.63) is 88.5 Å². The molecular weight excluding hydrogens is 450 g/mol. The summed E-state index contributed by atoms with van der Waals surface area (Å²) in [6.45, 7) is 8.35. The Morgan fingerprint density at radius 1 is 1.03 bits per heavy atom. The molecule has 0 atom stereocenters. The van der Waals surface area contributed by atoms with Gasteiger partial charge in [0.15, 0.2) is 5.82 Å². The Morgan fingerprint density at radius 2 is 1.78 bits per heavy atom. The molecule has 0 bridgehead atoms. The van der Waals surface area contributed by atoms with Gasteiger partial charge in [0.1, 0.15) is 0 Å². The van der Waals surface area contributed by atoms with Gasteiger partial charge >= 0.3 is 0 Å². The molecule has 1 aromatic heterocycles. The van der Waals surface area contributed by atoms with Crippen molar-refractivity contribution >= 4 is 17.6 Å². The van der Waals surface area contributed by atoms with Crippen LogP contribution in [0, 0.1) is 0 Å². The highest BCUT2D eigenvalue weighted by molar-refractivity contribution is 5.54. The van der Waals surface area contributed by atoms with Crippen molar-refractivity contribution in [2.24, 2.45) is 0 Å². The molecule has 2 fully saturated rings. The summed E-state index contributed by atoms with van der Waals surface area (Å²) in [7, 11) is 0. The molecule has 188 valence electrons. The van der Waals surface area contributed by atoms with Crippen molar-refractivity contribution in [1.29, 1.82) is 0 Å². The molecule has 36 heavy (non-hydrogen) atoms. The molecule has 2 aliphatic rings. The maximum Gasteiger partial charge on any atom is 0.297 e. The van der Waals surface area contributed by atoms with Gasteiger partial charge in [0.05, 0.1) is 18.9 Å². The minimum Gasteiger partial charge on any atom is -0.378 e. The fourth-order valence-electron chi connectivity index (χ4n) is 5.04. The summed E-state index contributed by atoms with van der Waals surface area (Å²) in [6, 6.07) is 18.8. The summed E-state index contributed by atoms with van der Waals surface area (Å²) in [5, 5.41) is 3.44. The van der Waals surface area contributed by atoms with Gasteiger partial charge in [0.25, 0.3) is 5.56 Å². The van der Waals surface area contributed by atoms with Gasteiger partial charge in [0, 0.05) is 56.8 Å². The number of hydrogen-bond acceptors (Lipinski definition) is 6. The van der Waals surface area contributed by atoms with E-state index in [0.717, 1.165) is 70.2 Å². The van der Waals surface area contributed by atoms with E-state index in [9.17, 15) is 4.79 Å². The average molecular weight is 486 g/mol. The molecular formula is C29H35N5O2. The van der Waals surface area contributed by atoms with E-state index >= 15 is 0 Å². The molecule has 2 aromatic carbocycles. The summed E-state index contributed by atoms with van der Waals surface area (Å²) in [5.74, 6) is 0.424. The van der Waals surface area contributed by atoms with E-state index in [1.165, 1.54) is 11.1 Å². The van der Waals surface area contributed by atoms with Crippen LogP contribution in [0.4, 0.5) is 11.5 Å². The Bertz CT molecular complexity index is 1230. The Morgan fingerprint density at radius 3 is 2.56 bits per heavy atom. The fourth-order valence-corrected chi connectivity index (χ4v) is 5.04. The first-order chi connectivity index (χ1) is 17.7. The molecule has 7 nitrogen and oxygen atoms in total. The summed E-state index contributed by atoms with van der Waals surface area (Å²) in [6.07, 6.45) is 7.69. The largest absolute Gasteiger partial charge is 0.378 e. The quantitative estimate of drug-likeness (QED) is 0.545. The number of piperidine rings is 1. The molecule has 0 spiro atoms. The number of benzene rings is 2. The van der Waals surface area contributed by atoms with Crippen LogP contribution >= 0.6 is 0 Å². The molecule has 0 unspecified atom stereocenters. The highest BCUT2D eigenvalue weighted by Gasteiger charge is 2.21.